The number of pyridine rings is 1. The summed E-state index contributed by atoms with van der Waals surface area (Å²) in [7, 11) is -3.97. The molecule has 0 fully saturated rings. The van der Waals surface area contributed by atoms with E-state index in [0.29, 0.717) is 29.7 Å². The normalized spacial score (nSPS) is 19.5. The number of carbonyl (C=O) groups is 1. The molecule has 0 N–H and O–H groups in total. The van der Waals surface area contributed by atoms with E-state index in [1.165, 1.54) is 0 Å². The fourth-order valence-electron chi connectivity index (χ4n) is 6.08. The average Bonchev–Trinajstić information content (AvgIpc) is 2.74. The molecule has 2 aromatic rings. The topological polar surface area (TPSA) is 48.4 Å². The van der Waals surface area contributed by atoms with E-state index in [1.807, 2.05) is 18.3 Å². The number of hydrogen-bond donors (Lipinski definition) is 0. The molecule has 0 saturated heterocycles. The minimum Gasteiger partial charge on any atom is -0.543 e. The maximum absolute atomic E-state index is 13.6. The second-order valence-corrected chi connectivity index (χ2v) is 23.6. The van der Waals surface area contributed by atoms with Crippen LogP contribution in [-0.2, 0) is 4.43 Å². The summed E-state index contributed by atoms with van der Waals surface area (Å²) in [5.41, 5.74) is 4.35. The van der Waals surface area contributed by atoms with Gasteiger partial charge in [-0.3, -0.25) is 9.78 Å². The summed E-state index contributed by atoms with van der Waals surface area (Å²) in [6.45, 7) is 28.0. The molecular weight excluding hydrogens is 479 g/mol. The zero-order chi connectivity index (χ0) is 27.2. The molecule has 1 aromatic carbocycles. The molecular formula is C30H49NO3Si2. The Balaban J connectivity index is 1.95. The monoisotopic (exact) mass is 527 g/mol. The van der Waals surface area contributed by atoms with Gasteiger partial charge in [0.05, 0.1) is 5.52 Å². The number of fused-ring (bicyclic) bond motifs is 3. The molecule has 1 aliphatic carbocycles. The number of rotatable bonds is 8. The lowest BCUT2D eigenvalue weighted by atomic mass is 9.75. The summed E-state index contributed by atoms with van der Waals surface area (Å²) in [6.07, 6.45) is 2.46. The molecule has 1 aliphatic rings. The summed E-state index contributed by atoms with van der Waals surface area (Å²) >= 11 is 0. The third-order valence-electron chi connectivity index (χ3n) is 9.23. The van der Waals surface area contributed by atoms with Crippen LogP contribution in [0, 0.1) is 5.92 Å². The average molecular weight is 528 g/mol. The fraction of sp³-hybridized carbons (Fsp3) is 0.667. The lowest BCUT2D eigenvalue weighted by Gasteiger charge is -2.44. The van der Waals surface area contributed by atoms with Crippen LogP contribution in [0.1, 0.15) is 97.5 Å². The second kappa shape index (κ2) is 10.3. The SMILES string of the molecule is CC(C)[Si](OC[C@@H]1CC(=O)c2c(cnc3ccc(O[Si](C)(C)C(C)(C)C)cc23)[C@H]1C)(C(C)C)C(C)C. The van der Waals surface area contributed by atoms with E-state index in [2.05, 4.69) is 88.4 Å². The summed E-state index contributed by atoms with van der Waals surface area (Å²) in [5, 5.41) is 1.03. The molecule has 0 radical (unpaired) electrons. The number of hydrogen-bond acceptors (Lipinski definition) is 4. The first-order valence-electron chi connectivity index (χ1n) is 13.8. The van der Waals surface area contributed by atoms with Crippen LogP contribution in [0.2, 0.25) is 34.8 Å². The molecule has 6 heteroatoms. The summed E-state index contributed by atoms with van der Waals surface area (Å²) in [6, 6.07) is 6.06. The van der Waals surface area contributed by atoms with E-state index in [0.717, 1.165) is 27.8 Å². The van der Waals surface area contributed by atoms with Crippen molar-refractivity contribution in [2.45, 2.75) is 116 Å². The van der Waals surface area contributed by atoms with Gasteiger partial charge in [-0.15, -0.1) is 0 Å². The number of Topliss-reactive ketones (excluding diaryl/α,β-unsaturated/α-hetero) is 1. The Kier molecular flexibility index (Phi) is 8.34. The lowest BCUT2D eigenvalue weighted by Crippen LogP contribution is -2.49. The van der Waals surface area contributed by atoms with Gasteiger partial charge in [0, 0.05) is 30.2 Å². The highest BCUT2D eigenvalue weighted by molar-refractivity contribution is 6.77. The highest BCUT2D eigenvalue weighted by Gasteiger charge is 2.46. The van der Waals surface area contributed by atoms with E-state index in [9.17, 15) is 4.79 Å². The van der Waals surface area contributed by atoms with Crippen molar-refractivity contribution >= 4 is 33.3 Å². The maximum atomic E-state index is 13.6. The van der Waals surface area contributed by atoms with Crippen LogP contribution in [0.15, 0.2) is 24.4 Å². The zero-order valence-corrected chi connectivity index (χ0v) is 26.8. The first-order chi connectivity index (χ1) is 16.5. The van der Waals surface area contributed by atoms with Crippen LogP contribution >= 0.6 is 0 Å². The predicted molar refractivity (Wildman–Crippen MR) is 157 cm³/mol. The minimum atomic E-state index is -1.98. The van der Waals surface area contributed by atoms with Gasteiger partial charge in [-0.25, -0.2) is 0 Å². The number of aromatic nitrogens is 1. The Labute approximate surface area is 221 Å². The van der Waals surface area contributed by atoms with Crippen molar-refractivity contribution in [1.29, 1.82) is 0 Å². The maximum Gasteiger partial charge on any atom is 0.250 e. The van der Waals surface area contributed by atoms with Gasteiger partial charge < -0.3 is 8.85 Å². The van der Waals surface area contributed by atoms with Crippen LogP contribution in [0.4, 0.5) is 0 Å². The van der Waals surface area contributed by atoms with Gasteiger partial charge in [-0.1, -0.05) is 69.2 Å². The van der Waals surface area contributed by atoms with E-state index in [4.69, 9.17) is 13.8 Å². The Morgan fingerprint density at radius 3 is 2.14 bits per heavy atom. The quantitative estimate of drug-likeness (QED) is 0.321. The van der Waals surface area contributed by atoms with Gasteiger partial charge in [0.15, 0.2) is 14.1 Å². The van der Waals surface area contributed by atoms with Crippen molar-refractivity contribution in [3.8, 4) is 5.75 Å². The first-order valence-corrected chi connectivity index (χ1v) is 18.9. The molecule has 0 saturated carbocycles. The Bertz CT molecular complexity index is 1080. The van der Waals surface area contributed by atoms with Crippen LogP contribution in [0.5, 0.6) is 5.75 Å². The standard InChI is InChI=1S/C30H49NO3Si2/c1-19(2)36(20(3)4,21(5)6)33-18-23-15-28(32)29-25-16-24(34-35(11,12)30(8,9)10)13-14-27(25)31-17-26(29)22(23)7/h13-14,16-17,19-23H,15,18H2,1-12H3/t22-,23-/m0/s1. The fourth-order valence-corrected chi connectivity index (χ4v) is 12.6. The molecule has 0 spiro atoms. The van der Waals surface area contributed by atoms with Gasteiger partial charge in [0.2, 0.25) is 8.32 Å². The third-order valence-corrected chi connectivity index (χ3v) is 19.7. The van der Waals surface area contributed by atoms with Gasteiger partial charge in [-0.2, -0.15) is 0 Å². The molecule has 0 unspecified atom stereocenters. The number of ketones is 1. The molecule has 4 nitrogen and oxygen atoms in total. The van der Waals surface area contributed by atoms with Crippen molar-refractivity contribution in [3.63, 3.8) is 0 Å². The Morgan fingerprint density at radius 1 is 1.03 bits per heavy atom. The first kappa shape index (κ1) is 29.1. The molecule has 0 bridgehead atoms. The minimum absolute atomic E-state index is 0.106. The van der Waals surface area contributed by atoms with Crippen LogP contribution in [-0.4, -0.2) is 34.0 Å². The summed E-state index contributed by atoms with van der Waals surface area (Å²) in [5.74, 6) is 1.45. The summed E-state index contributed by atoms with van der Waals surface area (Å²) in [4.78, 5) is 18.4. The molecule has 2 atom stereocenters. The molecule has 36 heavy (non-hydrogen) atoms. The molecule has 1 aromatic heterocycles. The van der Waals surface area contributed by atoms with Crippen molar-refractivity contribution in [3.05, 3.63) is 35.5 Å². The number of benzene rings is 1. The predicted octanol–water partition coefficient (Wildman–Crippen LogP) is 9.12. The van der Waals surface area contributed by atoms with Crippen LogP contribution < -0.4 is 4.43 Å². The Morgan fingerprint density at radius 2 is 1.61 bits per heavy atom. The molecule has 0 aliphatic heterocycles. The Hall–Kier alpha value is -1.51. The highest BCUT2D eigenvalue weighted by atomic mass is 28.4. The molecule has 200 valence electrons. The van der Waals surface area contributed by atoms with Gasteiger partial charge in [0.1, 0.15) is 5.75 Å². The number of nitrogens with zero attached hydrogens (tertiary/aromatic N) is 1. The lowest BCUT2D eigenvalue weighted by molar-refractivity contribution is 0.0904. The van der Waals surface area contributed by atoms with E-state index >= 15 is 0 Å². The molecule has 0 amide bonds. The van der Waals surface area contributed by atoms with Crippen LogP contribution in [0.25, 0.3) is 10.9 Å². The largest absolute Gasteiger partial charge is 0.543 e. The second-order valence-electron chi connectivity index (χ2n) is 13.4. The zero-order valence-electron chi connectivity index (χ0n) is 24.8. The van der Waals surface area contributed by atoms with Crippen molar-refractivity contribution in [1.82, 2.24) is 4.98 Å². The van der Waals surface area contributed by atoms with Gasteiger partial charge in [0.25, 0.3) is 0 Å². The van der Waals surface area contributed by atoms with Crippen molar-refractivity contribution in [2.24, 2.45) is 5.92 Å². The molecule has 3 rings (SSSR count). The van der Waals surface area contributed by atoms with Crippen LogP contribution in [0.3, 0.4) is 0 Å². The third kappa shape index (κ3) is 5.23. The number of carbonyl (C=O) groups excluding carboxylic acids is 1. The highest BCUT2D eigenvalue weighted by Crippen LogP contribution is 2.45. The van der Waals surface area contributed by atoms with Crippen molar-refractivity contribution in [2.75, 3.05) is 6.61 Å². The van der Waals surface area contributed by atoms with Gasteiger partial charge in [-0.05, 0) is 70.4 Å². The van der Waals surface area contributed by atoms with E-state index < -0.39 is 16.6 Å². The smallest absolute Gasteiger partial charge is 0.250 e. The summed E-state index contributed by atoms with van der Waals surface area (Å²) < 4.78 is 13.5. The van der Waals surface area contributed by atoms with Crippen molar-refractivity contribution < 1.29 is 13.6 Å². The van der Waals surface area contributed by atoms with E-state index in [1.54, 1.807) is 0 Å². The van der Waals surface area contributed by atoms with Gasteiger partial charge >= 0.3 is 0 Å². The van der Waals surface area contributed by atoms with E-state index in [-0.39, 0.29) is 22.7 Å². The molecule has 1 heterocycles.